The lowest BCUT2D eigenvalue weighted by molar-refractivity contribution is -0.122. The molecule has 25 heavy (non-hydrogen) atoms. The lowest BCUT2D eigenvalue weighted by atomic mass is 10.1. The number of fused-ring (bicyclic) bond motifs is 1. The highest BCUT2D eigenvalue weighted by atomic mass is 16.2. The van der Waals surface area contributed by atoms with Gasteiger partial charge in [-0.2, -0.15) is 0 Å². The van der Waals surface area contributed by atoms with Crippen molar-refractivity contribution in [2.75, 3.05) is 13.6 Å². The number of imidazole rings is 1. The summed E-state index contributed by atoms with van der Waals surface area (Å²) in [6.07, 6.45) is 6.29. The van der Waals surface area contributed by atoms with E-state index in [4.69, 9.17) is 0 Å². The minimum Gasteiger partial charge on any atom is -0.365 e. The van der Waals surface area contributed by atoms with Gasteiger partial charge in [0.15, 0.2) is 0 Å². The fraction of sp³-hybridized carbons (Fsp3) is 0.500. The molecule has 2 aromatic heterocycles. The summed E-state index contributed by atoms with van der Waals surface area (Å²) in [5.74, 6) is 0.937. The number of aromatic amines is 1. The zero-order chi connectivity index (χ0) is 17.8. The van der Waals surface area contributed by atoms with Crippen molar-refractivity contribution in [1.82, 2.24) is 24.8 Å². The highest BCUT2D eigenvalue weighted by Gasteiger charge is 2.26. The maximum atomic E-state index is 12.4. The van der Waals surface area contributed by atoms with Crippen LogP contribution in [0.4, 0.5) is 0 Å². The van der Waals surface area contributed by atoms with Gasteiger partial charge < -0.3 is 19.8 Å². The normalized spacial score (nSPS) is 16.3. The number of amides is 2. The van der Waals surface area contributed by atoms with Gasteiger partial charge in [-0.05, 0) is 31.9 Å². The Hall–Kier alpha value is -2.57. The quantitative estimate of drug-likeness (QED) is 0.831. The van der Waals surface area contributed by atoms with Crippen molar-refractivity contribution in [2.24, 2.45) is 0 Å². The van der Waals surface area contributed by atoms with E-state index in [1.807, 2.05) is 29.8 Å². The van der Waals surface area contributed by atoms with Crippen LogP contribution < -0.4 is 5.32 Å². The molecule has 0 spiro atoms. The number of H-pyrrole nitrogens is 1. The molecule has 0 fully saturated rings. The molecule has 7 nitrogen and oxygen atoms in total. The molecule has 0 aromatic carbocycles. The Labute approximate surface area is 147 Å². The molecule has 7 heteroatoms. The van der Waals surface area contributed by atoms with Crippen molar-refractivity contribution in [1.29, 1.82) is 0 Å². The molecule has 1 aliphatic rings. The van der Waals surface area contributed by atoms with Crippen LogP contribution in [-0.2, 0) is 24.2 Å². The van der Waals surface area contributed by atoms with E-state index >= 15 is 0 Å². The molecule has 2 N–H and O–H groups in total. The molecular weight excluding hydrogens is 318 g/mol. The number of nitrogens with one attached hydrogen (secondary N) is 2. The molecule has 3 heterocycles. The highest BCUT2D eigenvalue weighted by Crippen LogP contribution is 2.18. The second-order valence-electron chi connectivity index (χ2n) is 6.49. The van der Waals surface area contributed by atoms with Crippen molar-refractivity contribution >= 4 is 11.8 Å². The van der Waals surface area contributed by atoms with Crippen molar-refractivity contribution in [3.8, 4) is 0 Å². The standard InChI is InChI=1S/C18H25N5O2/c1-3-22(2)18(25)15-11-20-16-8-6-14(12-23(15)16)21-17(24)9-7-13-5-4-10-19-13/h4-5,10-11,14,19H,3,6-9,12H2,1-2H3,(H,21,24). The van der Waals surface area contributed by atoms with Crippen molar-refractivity contribution in [2.45, 2.75) is 45.2 Å². The van der Waals surface area contributed by atoms with Crippen molar-refractivity contribution in [3.05, 3.63) is 41.7 Å². The summed E-state index contributed by atoms with van der Waals surface area (Å²) in [6.45, 7) is 3.19. The first-order chi connectivity index (χ1) is 12.1. The third-order valence-corrected chi connectivity index (χ3v) is 4.75. The van der Waals surface area contributed by atoms with Crippen molar-refractivity contribution in [3.63, 3.8) is 0 Å². The fourth-order valence-electron chi connectivity index (χ4n) is 3.13. The molecule has 0 radical (unpaired) electrons. The van der Waals surface area contributed by atoms with Gasteiger partial charge in [-0.3, -0.25) is 9.59 Å². The highest BCUT2D eigenvalue weighted by molar-refractivity contribution is 5.92. The third-order valence-electron chi connectivity index (χ3n) is 4.75. The molecule has 134 valence electrons. The van der Waals surface area contributed by atoms with Crippen LogP contribution in [0.25, 0.3) is 0 Å². The first kappa shape index (κ1) is 17.3. The van der Waals surface area contributed by atoms with Crippen LogP contribution in [0.1, 0.15) is 41.8 Å². The van der Waals surface area contributed by atoms with E-state index in [9.17, 15) is 9.59 Å². The smallest absolute Gasteiger partial charge is 0.271 e. The molecule has 0 bridgehead atoms. The van der Waals surface area contributed by atoms with Crippen LogP contribution in [0, 0.1) is 0 Å². The zero-order valence-electron chi connectivity index (χ0n) is 14.8. The number of aromatic nitrogens is 3. The van der Waals surface area contributed by atoms with Gasteiger partial charge in [-0.15, -0.1) is 0 Å². The van der Waals surface area contributed by atoms with Crippen LogP contribution in [-0.4, -0.2) is 50.9 Å². The van der Waals surface area contributed by atoms with E-state index in [-0.39, 0.29) is 17.9 Å². The molecule has 1 aliphatic heterocycles. The predicted molar refractivity (Wildman–Crippen MR) is 94.2 cm³/mol. The zero-order valence-corrected chi connectivity index (χ0v) is 14.8. The monoisotopic (exact) mass is 343 g/mol. The van der Waals surface area contributed by atoms with Gasteiger partial charge in [0.2, 0.25) is 5.91 Å². The lowest BCUT2D eigenvalue weighted by Crippen LogP contribution is -2.42. The first-order valence-electron chi connectivity index (χ1n) is 8.80. The van der Waals surface area contributed by atoms with Crippen LogP contribution in [0.5, 0.6) is 0 Å². The van der Waals surface area contributed by atoms with Gasteiger partial charge in [0, 0.05) is 50.9 Å². The minimum atomic E-state index is -0.0278. The SMILES string of the molecule is CCN(C)C(=O)c1cnc2n1CC(NC(=O)CCc1ccc[nH]1)CC2. The average molecular weight is 343 g/mol. The molecule has 2 amide bonds. The first-order valence-corrected chi connectivity index (χ1v) is 8.80. The van der Waals surface area contributed by atoms with Crippen LogP contribution >= 0.6 is 0 Å². The summed E-state index contributed by atoms with van der Waals surface area (Å²) in [5.41, 5.74) is 1.66. The topological polar surface area (TPSA) is 83.0 Å². The summed E-state index contributed by atoms with van der Waals surface area (Å²) in [4.78, 5) is 33.8. The molecule has 3 rings (SSSR count). The number of hydrogen-bond donors (Lipinski definition) is 2. The van der Waals surface area contributed by atoms with Gasteiger partial charge in [0.05, 0.1) is 6.20 Å². The lowest BCUT2D eigenvalue weighted by Gasteiger charge is -2.26. The maximum Gasteiger partial charge on any atom is 0.271 e. The molecule has 0 saturated carbocycles. The second kappa shape index (κ2) is 7.55. The predicted octanol–water partition coefficient (Wildman–Crippen LogP) is 1.37. The largest absolute Gasteiger partial charge is 0.365 e. The third kappa shape index (κ3) is 3.92. The van der Waals surface area contributed by atoms with Crippen LogP contribution in [0.3, 0.4) is 0 Å². The second-order valence-corrected chi connectivity index (χ2v) is 6.49. The number of carbonyl (C=O) groups excluding carboxylic acids is 2. The van der Waals surface area contributed by atoms with E-state index in [1.165, 1.54) is 0 Å². The number of carbonyl (C=O) groups is 2. The molecular formula is C18H25N5O2. The van der Waals surface area contributed by atoms with E-state index < -0.39 is 0 Å². The van der Waals surface area contributed by atoms with Crippen LogP contribution in [0.15, 0.2) is 24.5 Å². The number of aryl methyl sites for hydroxylation is 2. The number of nitrogens with zero attached hydrogens (tertiary/aromatic N) is 3. The molecule has 1 unspecified atom stereocenters. The van der Waals surface area contributed by atoms with Crippen LogP contribution in [0.2, 0.25) is 0 Å². The molecule has 0 aliphatic carbocycles. The van der Waals surface area contributed by atoms with Crippen molar-refractivity contribution < 1.29 is 9.59 Å². The Balaban J connectivity index is 1.59. The Bertz CT molecular complexity index is 735. The Kier molecular flexibility index (Phi) is 5.21. The summed E-state index contributed by atoms with van der Waals surface area (Å²) in [5, 5.41) is 3.10. The average Bonchev–Trinajstić information content (AvgIpc) is 3.28. The number of hydrogen-bond acceptors (Lipinski definition) is 3. The summed E-state index contributed by atoms with van der Waals surface area (Å²) in [6, 6.07) is 3.95. The summed E-state index contributed by atoms with van der Waals surface area (Å²) in [7, 11) is 1.78. The van der Waals surface area contributed by atoms with Gasteiger partial charge in [0.25, 0.3) is 5.91 Å². The Morgan fingerprint density at radius 3 is 3.04 bits per heavy atom. The summed E-state index contributed by atoms with van der Waals surface area (Å²) < 4.78 is 1.95. The van der Waals surface area contributed by atoms with Gasteiger partial charge in [0.1, 0.15) is 11.5 Å². The van der Waals surface area contributed by atoms with E-state index in [0.717, 1.165) is 24.4 Å². The summed E-state index contributed by atoms with van der Waals surface area (Å²) >= 11 is 0. The van der Waals surface area contributed by atoms with Gasteiger partial charge in [-0.25, -0.2) is 4.98 Å². The molecule has 2 aromatic rings. The fourth-order valence-corrected chi connectivity index (χ4v) is 3.13. The van der Waals surface area contributed by atoms with Gasteiger partial charge >= 0.3 is 0 Å². The van der Waals surface area contributed by atoms with E-state index in [0.29, 0.717) is 31.6 Å². The molecule has 1 atom stereocenters. The Morgan fingerprint density at radius 2 is 2.32 bits per heavy atom. The molecule has 0 saturated heterocycles. The van der Waals surface area contributed by atoms with E-state index in [2.05, 4.69) is 15.3 Å². The minimum absolute atomic E-state index is 0.0278. The van der Waals surface area contributed by atoms with Gasteiger partial charge in [-0.1, -0.05) is 0 Å². The maximum absolute atomic E-state index is 12.4. The number of rotatable bonds is 6. The van der Waals surface area contributed by atoms with E-state index in [1.54, 1.807) is 18.1 Å². The Morgan fingerprint density at radius 1 is 1.48 bits per heavy atom.